The minimum atomic E-state index is -0.537. The van der Waals surface area contributed by atoms with E-state index < -0.39 is 11.6 Å². The zero-order valence-corrected chi connectivity index (χ0v) is 12.9. The van der Waals surface area contributed by atoms with E-state index in [1.165, 1.54) is 6.33 Å². The Hall–Kier alpha value is -3.41. The molecular formula is C19H12F2N4. The number of benzene rings is 2. The van der Waals surface area contributed by atoms with Gasteiger partial charge >= 0.3 is 0 Å². The number of nitrogen functional groups attached to an aromatic ring is 1. The maximum absolute atomic E-state index is 14.2. The molecule has 4 rings (SSSR count). The summed E-state index contributed by atoms with van der Waals surface area (Å²) in [5, 5.41) is 0.689. The topological polar surface area (TPSA) is 64.7 Å². The lowest BCUT2D eigenvalue weighted by Crippen LogP contribution is -1.95. The van der Waals surface area contributed by atoms with Gasteiger partial charge in [0.2, 0.25) is 0 Å². The lowest BCUT2D eigenvalue weighted by Gasteiger charge is -2.11. The highest BCUT2D eigenvalue weighted by atomic mass is 19.1. The van der Waals surface area contributed by atoms with Gasteiger partial charge in [-0.05, 0) is 42.0 Å². The zero-order valence-electron chi connectivity index (χ0n) is 12.9. The third kappa shape index (κ3) is 2.67. The molecule has 0 unspecified atom stereocenters. The van der Waals surface area contributed by atoms with E-state index in [1.807, 2.05) is 12.1 Å². The second-order valence-corrected chi connectivity index (χ2v) is 5.51. The summed E-state index contributed by atoms with van der Waals surface area (Å²) in [6.07, 6.45) is 2.94. The molecule has 0 aliphatic rings. The molecule has 122 valence electrons. The van der Waals surface area contributed by atoms with Crippen LogP contribution in [0.4, 0.5) is 14.6 Å². The van der Waals surface area contributed by atoms with Crippen molar-refractivity contribution in [3.63, 3.8) is 0 Å². The first kappa shape index (κ1) is 15.1. The molecule has 25 heavy (non-hydrogen) atoms. The zero-order chi connectivity index (χ0) is 17.4. The third-order valence-electron chi connectivity index (χ3n) is 3.97. The predicted molar refractivity (Wildman–Crippen MR) is 92.5 cm³/mol. The van der Waals surface area contributed by atoms with E-state index in [0.29, 0.717) is 28.0 Å². The van der Waals surface area contributed by atoms with Gasteiger partial charge in [-0.15, -0.1) is 0 Å². The predicted octanol–water partition coefficient (Wildman–Crippen LogP) is 4.22. The number of pyridine rings is 1. The molecule has 0 bridgehead atoms. The Morgan fingerprint density at radius 2 is 1.72 bits per heavy atom. The summed E-state index contributed by atoms with van der Waals surface area (Å²) in [7, 11) is 0. The number of rotatable bonds is 2. The van der Waals surface area contributed by atoms with Crippen LogP contribution in [0.1, 0.15) is 0 Å². The average Bonchev–Trinajstić information content (AvgIpc) is 2.64. The van der Waals surface area contributed by atoms with Crippen LogP contribution in [-0.2, 0) is 0 Å². The molecule has 6 heteroatoms. The summed E-state index contributed by atoms with van der Waals surface area (Å²) in [6.45, 7) is 0. The van der Waals surface area contributed by atoms with Crippen molar-refractivity contribution in [2.45, 2.75) is 0 Å². The van der Waals surface area contributed by atoms with Crippen molar-refractivity contribution < 1.29 is 8.78 Å². The van der Waals surface area contributed by atoms with Crippen molar-refractivity contribution >= 4 is 16.7 Å². The van der Waals surface area contributed by atoms with Crippen molar-refractivity contribution in [2.24, 2.45) is 0 Å². The number of anilines is 1. The van der Waals surface area contributed by atoms with Crippen LogP contribution in [-0.4, -0.2) is 15.0 Å². The second-order valence-electron chi connectivity index (χ2n) is 5.51. The number of nitrogens with two attached hydrogens (primary N) is 1. The smallest absolute Gasteiger partial charge is 0.134 e. The van der Waals surface area contributed by atoms with Crippen LogP contribution in [0, 0.1) is 11.6 Å². The molecule has 4 aromatic rings. The number of aromatic nitrogens is 3. The molecule has 0 aliphatic carbocycles. The number of hydrogen-bond donors (Lipinski definition) is 1. The molecule has 2 heterocycles. The third-order valence-corrected chi connectivity index (χ3v) is 3.97. The first-order chi connectivity index (χ1) is 12.1. The average molecular weight is 334 g/mol. The van der Waals surface area contributed by atoms with E-state index in [1.54, 1.807) is 24.4 Å². The molecule has 0 amide bonds. The molecule has 0 saturated heterocycles. The lowest BCUT2D eigenvalue weighted by molar-refractivity contribution is 0.602. The SMILES string of the molecule is Nc1ncnc2ccc(-c3cccnc3-c3cc(F)ccc3F)cc12. The maximum atomic E-state index is 14.2. The molecule has 0 spiro atoms. The Morgan fingerprint density at radius 1 is 0.840 bits per heavy atom. The number of hydrogen-bond acceptors (Lipinski definition) is 4. The molecule has 0 fully saturated rings. The van der Waals surface area contributed by atoms with Crippen LogP contribution in [0.3, 0.4) is 0 Å². The van der Waals surface area contributed by atoms with Crippen LogP contribution in [0.2, 0.25) is 0 Å². The van der Waals surface area contributed by atoms with Gasteiger partial charge < -0.3 is 5.73 Å². The van der Waals surface area contributed by atoms with Gasteiger partial charge in [-0.1, -0.05) is 12.1 Å². The molecule has 4 nitrogen and oxygen atoms in total. The monoisotopic (exact) mass is 334 g/mol. The van der Waals surface area contributed by atoms with E-state index in [-0.39, 0.29) is 5.56 Å². The van der Waals surface area contributed by atoms with E-state index in [0.717, 1.165) is 23.8 Å². The van der Waals surface area contributed by atoms with Crippen LogP contribution >= 0.6 is 0 Å². The fourth-order valence-corrected chi connectivity index (χ4v) is 2.78. The lowest BCUT2D eigenvalue weighted by atomic mass is 9.98. The molecule has 2 aromatic carbocycles. The van der Waals surface area contributed by atoms with Crippen molar-refractivity contribution in [1.82, 2.24) is 15.0 Å². The molecule has 2 aromatic heterocycles. The van der Waals surface area contributed by atoms with Crippen LogP contribution in [0.25, 0.3) is 33.3 Å². The van der Waals surface area contributed by atoms with Gasteiger partial charge in [0.15, 0.2) is 0 Å². The molecular weight excluding hydrogens is 322 g/mol. The highest BCUT2D eigenvalue weighted by Gasteiger charge is 2.14. The summed E-state index contributed by atoms with van der Waals surface area (Å²) in [6, 6.07) is 12.3. The normalized spacial score (nSPS) is 11.0. The molecule has 0 atom stereocenters. The van der Waals surface area contributed by atoms with Crippen molar-refractivity contribution in [1.29, 1.82) is 0 Å². The Balaban J connectivity index is 1.96. The number of halogens is 2. The van der Waals surface area contributed by atoms with E-state index in [2.05, 4.69) is 15.0 Å². The molecule has 0 radical (unpaired) electrons. The summed E-state index contributed by atoms with van der Waals surface area (Å²) in [5.41, 5.74) is 8.52. The minimum Gasteiger partial charge on any atom is -0.383 e. The van der Waals surface area contributed by atoms with Crippen LogP contribution in [0.15, 0.2) is 61.1 Å². The summed E-state index contributed by atoms with van der Waals surface area (Å²) < 4.78 is 27.8. The highest BCUT2D eigenvalue weighted by molar-refractivity contribution is 5.93. The summed E-state index contributed by atoms with van der Waals surface area (Å²) >= 11 is 0. The van der Waals surface area contributed by atoms with Gasteiger partial charge in [0.1, 0.15) is 23.8 Å². The molecule has 0 aliphatic heterocycles. The standard InChI is InChI=1S/C19H12F2N4/c20-12-4-5-16(21)14(9-12)18-13(2-1-7-23-18)11-3-6-17-15(8-11)19(22)25-10-24-17/h1-10H,(H2,22,24,25). The Morgan fingerprint density at radius 3 is 2.60 bits per heavy atom. The van der Waals surface area contributed by atoms with Crippen molar-refractivity contribution in [2.75, 3.05) is 5.73 Å². The largest absolute Gasteiger partial charge is 0.383 e. The van der Waals surface area contributed by atoms with Gasteiger partial charge in [0.25, 0.3) is 0 Å². The quantitative estimate of drug-likeness (QED) is 0.596. The van der Waals surface area contributed by atoms with Gasteiger partial charge in [0, 0.05) is 22.7 Å². The van der Waals surface area contributed by atoms with Crippen molar-refractivity contribution in [3.05, 3.63) is 72.7 Å². The van der Waals surface area contributed by atoms with E-state index in [4.69, 9.17) is 5.73 Å². The first-order valence-corrected chi connectivity index (χ1v) is 7.54. The summed E-state index contributed by atoms with van der Waals surface area (Å²) in [5.74, 6) is -0.705. The number of fused-ring (bicyclic) bond motifs is 1. The van der Waals surface area contributed by atoms with Gasteiger partial charge in [0.05, 0.1) is 11.2 Å². The Labute approximate surface area is 142 Å². The second kappa shape index (κ2) is 5.90. The van der Waals surface area contributed by atoms with Crippen molar-refractivity contribution in [3.8, 4) is 22.4 Å². The van der Waals surface area contributed by atoms with Gasteiger partial charge in [-0.25, -0.2) is 18.7 Å². The van der Waals surface area contributed by atoms with Gasteiger partial charge in [-0.2, -0.15) is 0 Å². The fraction of sp³-hybridized carbons (Fsp3) is 0. The number of nitrogens with zero attached hydrogens (tertiary/aromatic N) is 3. The highest BCUT2D eigenvalue weighted by Crippen LogP contribution is 2.33. The molecule has 0 saturated carbocycles. The Kier molecular flexibility index (Phi) is 3.57. The van der Waals surface area contributed by atoms with Crippen LogP contribution in [0.5, 0.6) is 0 Å². The first-order valence-electron chi connectivity index (χ1n) is 7.54. The maximum Gasteiger partial charge on any atom is 0.134 e. The summed E-state index contributed by atoms with van der Waals surface area (Å²) in [4.78, 5) is 12.4. The van der Waals surface area contributed by atoms with Gasteiger partial charge in [-0.3, -0.25) is 4.98 Å². The Bertz CT molecular complexity index is 1100. The van der Waals surface area contributed by atoms with E-state index in [9.17, 15) is 8.78 Å². The molecule has 2 N–H and O–H groups in total. The fourth-order valence-electron chi connectivity index (χ4n) is 2.78. The van der Waals surface area contributed by atoms with E-state index >= 15 is 0 Å². The van der Waals surface area contributed by atoms with Crippen LogP contribution < -0.4 is 5.73 Å². The minimum absolute atomic E-state index is 0.105.